The molecule has 0 unspecified atom stereocenters. The molecule has 8 heteroatoms. The van der Waals surface area contributed by atoms with Crippen LogP contribution in [0.4, 0.5) is 5.69 Å². The molecule has 0 radical (unpaired) electrons. The Morgan fingerprint density at radius 3 is 2.12 bits per heavy atom. The average Bonchev–Trinajstić information content (AvgIpc) is 2.99. The van der Waals surface area contributed by atoms with E-state index in [0.29, 0.717) is 29.5 Å². The number of hydrogen-bond acceptors (Lipinski definition) is 4. The first-order chi connectivity index (χ1) is 15.8. The summed E-state index contributed by atoms with van der Waals surface area (Å²) < 4.78 is 32.2. The second-order valence-corrected chi connectivity index (χ2v) is 10.4. The van der Waals surface area contributed by atoms with Gasteiger partial charge in [0, 0.05) is 31.1 Å². The highest BCUT2D eigenvalue weighted by molar-refractivity contribution is 7.92. The maximum Gasteiger partial charge on any atom is 0.264 e. The van der Waals surface area contributed by atoms with Crippen LogP contribution in [0.1, 0.15) is 17.5 Å². The van der Waals surface area contributed by atoms with Crippen LogP contribution < -0.4 is 9.04 Å². The number of halogens is 1. The Bertz CT molecular complexity index is 1180. The number of carbonyl (C=O) groups excluding carboxylic acids is 1. The summed E-state index contributed by atoms with van der Waals surface area (Å²) in [5, 5.41) is 0.394. The van der Waals surface area contributed by atoms with Gasteiger partial charge in [-0.2, -0.15) is 0 Å². The topological polar surface area (TPSA) is 66.9 Å². The Balaban J connectivity index is 1.64. The van der Waals surface area contributed by atoms with Crippen LogP contribution in [0, 0.1) is 0 Å². The van der Waals surface area contributed by atoms with Gasteiger partial charge in [-0.05, 0) is 29.3 Å². The summed E-state index contributed by atoms with van der Waals surface area (Å²) in [6.07, 6.45) is 0.527. The molecule has 172 valence electrons. The van der Waals surface area contributed by atoms with Crippen molar-refractivity contribution in [3.05, 3.63) is 95.0 Å². The van der Waals surface area contributed by atoms with Gasteiger partial charge < -0.3 is 9.64 Å². The number of hydrogen-bond donors (Lipinski definition) is 0. The number of carbonyl (C=O) groups is 1. The lowest BCUT2D eigenvalue weighted by Crippen LogP contribution is -2.42. The van der Waals surface area contributed by atoms with E-state index in [2.05, 4.69) is 0 Å². The molecule has 0 aliphatic carbocycles. The predicted octanol–water partition coefficient (Wildman–Crippen LogP) is 4.49. The molecule has 1 amide bonds. The van der Waals surface area contributed by atoms with Crippen LogP contribution in [0.5, 0.6) is 5.75 Å². The smallest absolute Gasteiger partial charge is 0.264 e. The molecule has 1 heterocycles. The van der Waals surface area contributed by atoms with E-state index in [-0.39, 0.29) is 18.9 Å². The molecule has 33 heavy (non-hydrogen) atoms. The van der Waals surface area contributed by atoms with Gasteiger partial charge in [-0.3, -0.25) is 9.10 Å². The Kier molecular flexibility index (Phi) is 6.91. The fraction of sp³-hybridized carbons (Fsp3) is 0.240. The summed E-state index contributed by atoms with van der Waals surface area (Å²) in [6, 6.07) is 24.3. The van der Waals surface area contributed by atoms with Crippen LogP contribution in [0.2, 0.25) is 5.02 Å². The molecule has 1 aliphatic rings. The molecular formula is C25H25ClN2O4S. The van der Waals surface area contributed by atoms with Crippen molar-refractivity contribution in [2.24, 2.45) is 0 Å². The Hall–Kier alpha value is -3.03. The first kappa shape index (κ1) is 23.1. The summed E-state index contributed by atoms with van der Waals surface area (Å²) >= 11 is 6.12. The average molecular weight is 485 g/mol. The molecule has 0 spiro atoms. The predicted molar refractivity (Wildman–Crippen MR) is 130 cm³/mol. The number of benzene rings is 3. The van der Waals surface area contributed by atoms with Gasteiger partial charge in [-0.1, -0.05) is 72.3 Å². The first-order valence-electron chi connectivity index (χ1n) is 10.6. The highest BCUT2D eigenvalue weighted by Crippen LogP contribution is 2.36. The van der Waals surface area contributed by atoms with E-state index in [1.807, 2.05) is 60.7 Å². The summed E-state index contributed by atoms with van der Waals surface area (Å²) in [6.45, 7) is 0.947. The van der Waals surface area contributed by atoms with Crippen LogP contribution in [-0.4, -0.2) is 38.1 Å². The van der Waals surface area contributed by atoms with Crippen molar-refractivity contribution in [3.8, 4) is 5.75 Å². The number of ether oxygens (including phenoxy) is 1. The maximum atomic E-state index is 13.7. The van der Waals surface area contributed by atoms with E-state index in [0.717, 1.165) is 17.4 Å². The number of anilines is 1. The van der Waals surface area contributed by atoms with Crippen LogP contribution >= 0.6 is 11.6 Å². The second kappa shape index (κ2) is 9.85. The minimum absolute atomic E-state index is 0.118. The van der Waals surface area contributed by atoms with Gasteiger partial charge in [0.15, 0.2) is 6.10 Å². The van der Waals surface area contributed by atoms with Crippen molar-refractivity contribution < 1.29 is 17.9 Å². The number of sulfonamides is 1. The molecule has 0 bridgehead atoms. The summed E-state index contributed by atoms with van der Waals surface area (Å²) in [5.41, 5.74) is 2.35. The molecule has 1 aliphatic heterocycles. The molecule has 1 atom stereocenters. The standard InChI is InChI=1S/C25H25ClN2O4S/c1-33(30,31)28-15-14-24(32-23-13-12-21(26)16-22(23)28)25(29)27(17-19-8-4-2-5-9-19)18-20-10-6-3-7-11-20/h2-13,16,24H,14-15,17-18H2,1H3/t24-/m0/s1. The minimum atomic E-state index is -3.58. The van der Waals surface area contributed by atoms with E-state index >= 15 is 0 Å². The minimum Gasteiger partial charge on any atom is -0.478 e. The lowest BCUT2D eigenvalue weighted by atomic mass is 10.1. The number of fused-ring (bicyclic) bond motifs is 1. The molecule has 4 rings (SSSR count). The van der Waals surface area contributed by atoms with Gasteiger partial charge >= 0.3 is 0 Å². The molecular weight excluding hydrogens is 460 g/mol. The first-order valence-corrected chi connectivity index (χ1v) is 12.8. The summed E-state index contributed by atoms with van der Waals surface area (Å²) in [5.74, 6) is 0.124. The van der Waals surface area contributed by atoms with Crippen LogP contribution in [0.25, 0.3) is 0 Å². The highest BCUT2D eigenvalue weighted by atomic mass is 35.5. The van der Waals surface area contributed by atoms with E-state index in [9.17, 15) is 13.2 Å². The van der Waals surface area contributed by atoms with Crippen molar-refractivity contribution in [1.29, 1.82) is 0 Å². The van der Waals surface area contributed by atoms with Gasteiger partial charge in [0.25, 0.3) is 5.91 Å². The van der Waals surface area contributed by atoms with Gasteiger partial charge in [0.05, 0.1) is 11.9 Å². The third kappa shape index (κ3) is 5.67. The Morgan fingerprint density at radius 1 is 1.00 bits per heavy atom. The normalized spacial score (nSPS) is 15.8. The van der Waals surface area contributed by atoms with E-state index < -0.39 is 16.1 Å². The van der Waals surface area contributed by atoms with Crippen molar-refractivity contribution in [1.82, 2.24) is 4.90 Å². The van der Waals surface area contributed by atoms with E-state index in [1.165, 1.54) is 4.31 Å². The lowest BCUT2D eigenvalue weighted by Gasteiger charge is -2.27. The largest absolute Gasteiger partial charge is 0.478 e. The zero-order valence-electron chi connectivity index (χ0n) is 18.2. The Morgan fingerprint density at radius 2 is 1.58 bits per heavy atom. The Labute approximate surface area is 199 Å². The summed E-state index contributed by atoms with van der Waals surface area (Å²) in [7, 11) is -3.58. The van der Waals surface area contributed by atoms with Crippen molar-refractivity contribution in [3.63, 3.8) is 0 Å². The highest BCUT2D eigenvalue weighted by Gasteiger charge is 2.33. The lowest BCUT2D eigenvalue weighted by molar-refractivity contribution is -0.140. The molecule has 0 saturated heterocycles. The zero-order valence-corrected chi connectivity index (χ0v) is 19.8. The molecule has 0 fully saturated rings. The monoisotopic (exact) mass is 484 g/mol. The molecule has 0 N–H and O–H groups in total. The zero-order chi connectivity index (χ0) is 23.4. The fourth-order valence-corrected chi connectivity index (χ4v) is 5.00. The molecule has 6 nitrogen and oxygen atoms in total. The number of rotatable bonds is 6. The summed E-state index contributed by atoms with van der Waals surface area (Å²) in [4.78, 5) is 15.5. The fourth-order valence-electron chi connectivity index (χ4n) is 3.89. The van der Waals surface area contributed by atoms with Crippen LogP contribution in [0.15, 0.2) is 78.9 Å². The van der Waals surface area contributed by atoms with Crippen LogP contribution in [0.3, 0.4) is 0 Å². The van der Waals surface area contributed by atoms with Gasteiger partial charge in [-0.25, -0.2) is 8.42 Å². The quantitative estimate of drug-likeness (QED) is 0.517. The van der Waals surface area contributed by atoms with E-state index in [1.54, 1.807) is 23.1 Å². The van der Waals surface area contributed by atoms with E-state index in [4.69, 9.17) is 16.3 Å². The van der Waals surface area contributed by atoms with Crippen molar-refractivity contribution in [2.45, 2.75) is 25.6 Å². The number of amides is 1. The van der Waals surface area contributed by atoms with Gasteiger partial charge in [0.2, 0.25) is 10.0 Å². The molecule has 3 aromatic rings. The maximum absolute atomic E-state index is 13.7. The van der Waals surface area contributed by atoms with Gasteiger partial charge in [-0.15, -0.1) is 0 Å². The second-order valence-electron chi connectivity index (χ2n) is 8.01. The molecule has 0 aromatic heterocycles. The SMILES string of the molecule is CS(=O)(=O)N1CC[C@@H](C(=O)N(Cc2ccccc2)Cc2ccccc2)Oc2ccc(Cl)cc21. The third-order valence-electron chi connectivity index (χ3n) is 5.47. The van der Waals surface area contributed by atoms with Crippen molar-refractivity contribution in [2.75, 3.05) is 17.1 Å². The van der Waals surface area contributed by atoms with Gasteiger partial charge in [0.1, 0.15) is 5.75 Å². The van der Waals surface area contributed by atoms with Crippen molar-refractivity contribution >= 4 is 33.2 Å². The van der Waals surface area contributed by atoms with Crippen LogP contribution in [-0.2, 0) is 27.9 Å². The molecule has 0 saturated carbocycles. The number of nitrogens with zero attached hydrogens (tertiary/aromatic N) is 2. The molecule has 3 aromatic carbocycles. The third-order valence-corrected chi connectivity index (χ3v) is 6.89.